The van der Waals surface area contributed by atoms with E-state index in [1.165, 1.54) is 0 Å². The van der Waals surface area contributed by atoms with Crippen LogP contribution in [0.15, 0.2) is 0 Å². The highest BCUT2D eigenvalue weighted by molar-refractivity contribution is 7.94. The molecule has 0 aromatic rings. The van der Waals surface area contributed by atoms with E-state index < -0.39 is 25.4 Å². The molecule has 0 heterocycles. The van der Waals surface area contributed by atoms with Crippen LogP contribution >= 0.6 is 0 Å². The van der Waals surface area contributed by atoms with E-state index in [-0.39, 0.29) is 17.5 Å². The predicted octanol–water partition coefficient (Wildman–Crippen LogP) is 0.296. The topological polar surface area (TPSA) is 77.2 Å². The molecule has 4 nitrogen and oxygen atoms in total. The van der Waals surface area contributed by atoms with Crippen molar-refractivity contribution in [1.29, 1.82) is 0 Å². The first-order valence-corrected chi connectivity index (χ1v) is 8.03. The molecule has 15 heavy (non-hydrogen) atoms. The van der Waals surface area contributed by atoms with E-state index in [4.69, 9.17) is 5.73 Å². The van der Waals surface area contributed by atoms with Gasteiger partial charge in [-0.2, -0.15) is 0 Å². The summed E-state index contributed by atoms with van der Waals surface area (Å²) >= 11 is 0. The van der Waals surface area contributed by atoms with Gasteiger partial charge in [-0.15, -0.1) is 0 Å². The summed E-state index contributed by atoms with van der Waals surface area (Å²) in [5.74, 6) is 0.511. The van der Waals surface area contributed by atoms with Gasteiger partial charge in [-0.25, -0.2) is 8.42 Å². The Morgan fingerprint density at radius 3 is 2.13 bits per heavy atom. The van der Waals surface area contributed by atoms with Crippen molar-refractivity contribution in [2.45, 2.75) is 38.5 Å². The van der Waals surface area contributed by atoms with Crippen LogP contribution in [0.2, 0.25) is 0 Å². The zero-order valence-corrected chi connectivity index (χ0v) is 11.5. The lowest BCUT2D eigenvalue weighted by Gasteiger charge is -2.18. The van der Waals surface area contributed by atoms with Gasteiger partial charge in [-0.1, -0.05) is 0 Å². The molecule has 0 rings (SSSR count). The minimum absolute atomic E-state index is 0.0319. The van der Waals surface area contributed by atoms with Gasteiger partial charge in [-0.05, 0) is 27.7 Å². The van der Waals surface area contributed by atoms with Gasteiger partial charge < -0.3 is 5.73 Å². The Hall–Kier alpha value is 0.0600. The van der Waals surface area contributed by atoms with Crippen molar-refractivity contribution in [3.05, 3.63) is 0 Å². The van der Waals surface area contributed by atoms with Gasteiger partial charge in [0, 0.05) is 28.3 Å². The Morgan fingerprint density at radius 2 is 1.80 bits per heavy atom. The first-order chi connectivity index (χ1) is 6.56. The molecule has 0 saturated carbocycles. The van der Waals surface area contributed by atoms with Gasteiger partial charge >= 0.3 is 0 Å². The van der Waals surface area contributed by atoms with Crippen LogP contribution in [0.5, 0.6) is 0 Å². The van der Waals surface area contributed by atoms with E-state index in [9.17, 15) is 12.6 Å². The normalized spacial score (nSPS) is 17.4. The minimum Gasteiger partial charge on any atom is -0.327 e. The molecule has 0 aliphatic rings. The van der Waals surface area contributed by atoms with E-state index in [0.29, 0.717) is 5.75 Å². The Labute approximate surface area is 95.0 Å². The molecule has 0 aliphatic carbocycles. The average Bonchev–Trinajstić information content (AvgIpc) is 1.97. The molecule has 6 heteroatoms. The number of nitrogens with two attached hydrogens (primary N) is 1. The first-order valence-electron chi connectivity index (χ1n) is 4.89. The van der Waals surface area contributed by atoms with E-state index in [1.54, 1.807) is 27.7 Å². The van der Waals surface area contributed by atoms with Gasteiger partial charge in [0.25, 0.3) is 0 Å². The predicted molar refractivity (Wildman–Crippen MR) is 65.1 cm³/mol. The second kappa shape index (κ2) is 5.41. The lowest BCUT2D eigenvalue weighted by molar-refractivity contribution is 0.561. The molecule has 2 unspecified atom stereocenters. The van der Waals surface area contributed by atoms with Gasteiger partial charge in [-0.3, -0.25) is 4.21 Å². The van der Waals surface area contributed by atoms with Crippen LogP contribution in [0.3, 0.4) is 0 Å². The third-order valence-electron chi connectivity index (χ3n) is 1.96. The van der Waals surface area contributed by atoms with Crippen LogP contribution in [0.4, 0.5) is 0 Å². The number of rotatable bonds is 5. The van der Waals surface area contributed by atoms with Crippen LogP contribution < -0.4 is 5.73 Å². The molecule has 2 N–H and O–H groups in total. The Bertz CT molecular complexity index is 315. The monoisotopic (exact) mass is 255 g/mol. The summed E-state index contributed by atoms with van der Waals surface area (Å²) in [6.45, 7) is 6.71. The highest BCUT2D eigenvalue weighted by Crippen LogP contribution is 2.15. The molecular formula is C9H21NO3S2. The standard InChI is InChI=1S/C9H21NO3S2/c1-8(10)7-14(11)5-6-15(12,13)9(2,3)4/h8H,5-7,10H2,1-4H3. The second-order valence-corrected chi connectivity index (χ2v) is 9.20. The van der Waals surface area contributed by atoms with Crippen LogP contribution in [-0.4, -0.2) is 40.7 Å². The zero-order valence-electron chi connectivity index (χ0n) is 9.82. The Balaban J connectivity index is 4.24. The quantitative estimate of drug-likeness (QED) is 0.766. The summed E-state index contributed by atoms with van der Waals surface area (Å²) in [6, 6.07) is -0.150. The molecule has 0 radical (unpaired) electrons. The zero-order chi connectivity index (χ0) is 12.3. The van der Waals surface area contributed by atoms with Crippen molar-refractivity contribution in [1.82, 2.24) is 0 Å². The number of sulfone groups is 1. The number of hydrogen-bond acceptors (Lipinski definition) is 4. The van der Waals surface area contributed by atoms with Crippen molar-refractivity contribution in [2.24, 2.45) is 5.73 Å². The lowest BCUT2D eigenvalue weighted by atomic mass is 10.3. The fourth-order valence-electron chi connectivity index (χ4n) is 0.885. The SMILES string of the molecule is CC(N)CS(=O)CCS(=O)(=O)C(C)(C)C. The van der Waals surface area contributed by atoms with Crippen molar-refractivity contribution < 1.29 is 12.6 Å². The highest BCUT2D eigenvalue weighted by Gasteiger charge is 2.28. The molecule has 0 saturated heterocycles. The van der Waals surface area contributed by atoms with Crippen LogP contribution in [0.25, 0.3) is 0 Å². The maximum absolute atomic E-state index is 11.7. The molecule has 0 amide bonds. The third kappa shape index (κ3) is 5.63. The molecule has 0 aromatic heterocycles. The lowest BCUT2D eigenvalue weighted by Crippen LogP contribution is -2.33. The summed E-state index contributed by atoms with van der Waals surface area (Å²) in [4.78, 5) is 0. The molecule has 0 aromatic carbocycles. The maximum Gasteiger partial charge on any atom is 0.156 e. The Kier molecular flexibility index (Phi) is 5.43. The van der Waals surface area contributed by atoms with Gasteiger partial charge in [0.1, 0.15) is 0 Å². The van der Waals surface area contributed by atoms with Crippen LogP contribution in [-0.2, 0) is 20.6 Å². The second-order valence-electron chi connectivity index (χ2n) is 4.72. The smallest absolute Gasteiger partial charge is 0.156 e. The molecule has 0 aliphatic heterocycles. The van der Waals surface area contributed by atoms with Crippen molar-refractivity contribution >= 4 is 20.6 Å². The van der Waals surface area contributed by atoms with Crippen molar-refractivity contribution in [3.63, 3.8) is 0 Å². The van der Waals surface area contributed by atoms with Crippen LogP contribution in [0.1, 0.15) is 27.7 Å². The fraction of sp³-hybridized carbons (Fsp3) is 1.00. The van der Waals surface area contributed by atoms with Crippen LogP contribution in [0, 0.1) is 0 Å². The van der Waals surface area contributed by atoms with Gasteiger partial charge in [0.15, 0.2) is 9.84 Å². The molecule has 92 valence electrons. The van der Waals surface area contributed by atoms with Gasteiger partial charge in [0.2, 0.25) is 0 Å². The summed E-state index contributed by atoms with van der Waals surface area (Å²) in [5, 5.41) is 0. The van der Waals surface area contributed by atoms with E-state index in [1.807, 2.05) is 0 Å². The van der Waals surface area contributed by atoms with Crippen molar-refractivity contribution in [2.75, 3.05) is 17.3 Å². The fourth-order valence-corrected chi connectivity index (χ4v) is 3.87. The summed E-state index contributed by atoms with van der Waals surface area (Å²) in [7, 11) is -4.30. The van der Waals surface area contributed by atoms with E-state index in [2.05, 4.69) is 0 Å². The summed E-state index contributed by atoms with van der Waals surface area (Å²) in [5.41, 5.74) is 5.48. The van der Waals surface area contributed by atoms with E-state index >= 15 is 0 Å². The molecule has 2 atom stereocenters. The maximum atomic E-state index is 11.7. The summed E-state index contributed by atoms with van der Waals surface area (Å²) in [6.07, 6.45) is 0. The third-order valence-corrected chi connectivity index (χ3v) is 6.38. The molecule has 0 fully saturated rings. The Morgan fingerprint density at radius 1 is 1.33 bits per heavy atom. The first kappa shape index (κ1) is 15.1. The summed E-state index contributed by atoms with van der Waals surface area (Å²) < 4.78 is 34.0. The highest BCUT2D eigenvalue weighted by atomic mass is 32.2. The average molecular weight is 255 g/mol. The molecule has 0 spiro atoms. The minimum atomic E-state index is -3.16. The number of hydrogen-bond donors (Lipinski definition) is 1. The van der Waals surface area contributed by atoms with Crippen molar-refractivity contribution in [3.8, 4) is 0 Å². The van der Waals surface area contributed by atoms with E-state index in [0.717, 1.165) is 0 Å². The molecular weight excluding hydrogens is 234 g/mol. The largest absolute Gasteiger partial charge is 0.327 e. The molecule has 0 bridgehead atoms. The van der Waals surface area contributed by atoms with Gasteiger partial charge in [0.05, 0.1) is 10.5 Å².